The van der Waals surface area contributed by atoms with E-state index in [9.17, 15) is 5.11 Å². The van der Waals surface area contributed by atoms with Gasteiger partial charge in [0, 0.05) is 35.7 Å². The fourth-order valence-corrected chi connectivity index (χ4v) is 5.10. The third-order valence-electron chi connectivity index (χ3n) is 6.23. The molecule has 0 saturated carbocycles. The highest BCUT2D eigenvalue weighted by Crippen LogP contribution is 2.40. The van der Waals surface area contributed by atoms with Crippen LogP contribution in [0.2, 0.25) is 10.0 Å². The fraction of sp³-hybridized carbons (Fsp3) is 0.550. The van der Waals surface area contributed by atoms with Crippen molar-refractivity contribution in [3.8, 4) is 11.3 Å². The van der Waals surface area contributed by atoms with Crippen molar-refractivity contribution in [2.24, 2.45) is 5.41 Å². The van der Waals surface area contributed by atoms with Gasteiger partial charge in [0.05, 0.1) is 16.7 Å². The van der Waals surface area contributed by atoms with Crippen LogP contribution in [0, 0.1) is 12.3 Å². The number of benzene rings is 1. The summed E-state index contributed by atoms with van der Waals surface area (Å²) in [7, 11) is 0. The van der Waals surface area contributed by atoms with Gasteiger partial charge >= 0.3 is 0 Å². The molecule has 0 aliphatic carbocycles. The molecule has 0 amide bonds. The summed E-state index contributed by atoms with van der Waals surface area (Å²) in [5, 5.41) is 19.0. The summed E-state index contributed by atoms with van der Waals surface area (Å²) in [4.78, 5) is 2.41. The molecule has 2 N–H and O–H groups in total. The Balaban J connectivity index is 0.00000150. The molecule has 1 aromatic carbocycles. The number of hydrogen-bond donors (Lipinski definition) is 2. The Morgan fingerprint density at radius 3 is 2.69 bits per heavy atom. The van der Waals surface area contributed by atoms with E-state index in [4.69, 9.17) is 27.7 Å². The van der Waals surface area contributed by atoms with Crippen LogP contribution < -0.4 is 5.32 Å². The van der Waals surface area contributed by atoms with Crippen molar-refractivity contribution in [2.45, 2.75) is 38.8 Å². The van der Waals surface area contributed by atoms with E-state index in [-0.39, 0.29) is 36.8 Å². The summed E-state index contributed by atoms with van der Waals surface area (Å²) in [5.41, 5.74) is 2.49. The zero-order valence-corrected chi connectivity index (χ0v) is 19.4. The average Bonchev–Trinajstić information content (AvgIpc) is 3.02. The van der Waals surface area contributed by atoms with Gasteiger partial charge in [0.15, 0.2) is 0 Å². The molecule has 2 atom stereocenters. The SMILES string of the molecule is Cc1onc(-c2c(Cl)cccc2Cl)c1CN1CC[C@@]2(CO)CCCN[C@@H]2C1.Cl.Cl. The minimum atomic E-state index is 0. The van der Waals surface area contributed by atoms with Crippen molar-refractivity contribution in [1.29, 1.82) is 0 Å². The molecule has 1 aromatic heterocycles. The largest absolute Gasteiger partial charge is 0.396 e. The van der Waals surface area contributed by atoms with Crippen LogP contribution in [0.25, 0.3) is 11.3 Å². The molecule has 0 radical (unpaired) electrons. The van der Waals surface area contributed by atoms with Crippen molar-refractivity contribution in [1.82, 2.24) is 15.4 Å². The first-order chi connectivity index (χ1) is 13.0. The Labute approximate surface area is 193 Å². The standard InChI is InChI=1S/C20H25Cl2N3O2.2ClH/c1-13-14(19(24-27-13)18-15(21)4-2-5-16(18)22)10-25-9-7-20(12-26)6-3-8-23-17(20)11-25;;/h2,4-5,17,23,26H,3,6-12H2,1H3;2*1H/t17-,20-;;/m1../s1. The lowest BCUT2D eigenvalue weighted by molar-refractivity contribution is -0.0151. The topological polar surface area (TPSA) is 61.5 Å². The summed E-state index contributed by atoms with van der Waals surface area (Å²) in [6, 6.07) is 5.78. The molecule has 2 fully saturated rings. The molecule has 162 valence electrons. The maximum atomic E-state index is 10.0. The van der Waals surface area contributed by atoms with Crippen LogP contribution in [0.1, 0.15) is 30.6 Å². The number of aromatic nitrogens is 1. The highest BCUT2D eigenvalue weighted by molar-refractivity contribution is 6.39. The molecule has 0 unspecified atom stereocenters. The lowest BCUT2D eigenvalue weighted by Crippen LogP contribution is -2.61. The number of rotatable bonds is 4. The van der Waals surface area contributed by atoms with E-state index in [1.807, 2.05) is 25.1 Å². The lowest BCUT2D eigenvalue weighted by atomic mass is 9.70. The van der Waals surface area contributed by atoms with Crippen molar-refractivity contribution in [3.63, 3.8) is 0 Å². The molecule has 2 saturated heterocycles. The van der Waals surface area contributed by atoms with Gasteiger partial charge in [0.1, 0.15) is 11.5 Å². The number of nitrogens with one attached hydrogen (secondary N) is 1. The second kappa shape index (κ2) is 10.2. The van der Waals surface area contributed by atoms with E-state index in [1.54, 1.807) is 0 Å². The molecule has 9 heteroatoms. The molecule has 2 aliphatic heterocycles. The monoisotopic (exact) mass is 481 g/mol. The zero-order valence-electron chi connectivity index (χ0n) is 16.3. The summed E-state index contributed by atoms with van der Waals surface area (Å²) >= 11 is 12.8. The van der Waals surface area contributed by atoms with Gasteiger partial charge in [-0.15, -0.1) is 24.8 Å². The van der Waals surface area contributed by atoms with Gasteiger partial charge in [-0.05, 0) is 51.4 Å². The van der Waals surface area contributed by atoms with Crippen LogP contribution in [0.4, 0.5) is 0 Å². The molecule has 29 heavy (non-hydrogen) atoms. The molecule has 4 rings (SSSR count). The van der Waals surface area contributed by atoms with Crippen LogP contribution in [0.5, 0.6) is 0 Å². The number of aryl methyl sites for hydroxylation is 1. The number of hydrogen-bond acceptors (Lipinski definition) is 5. The molecule has 2 aliphatic rings. The molecular formula is C20H27Cl4N3O2. The highest BCUT2D eigenvalue weighted by atomic mass is 35.5. The molecular weight excluding hydrogens is 456 g/mol. The van der Waals surface area contributed by atoms with Gasteiger partial charge in [-0.1, -0.05) is 34.4 Å². The van der Waals surface area contributed by atoms with Gasteiger partial charge in [0.2, 0.25) is 0 Å². The Hall–Kier alpha value is -0.530. The number of halogens is 4. The van der Waals surface area contributed by atoms with Gasteiger partial charge in [-0.3, -0.25) is 4.90 Å². The maximum absolute atomic E-state index is 10.0. The summed E-state index contributed by atoms with van der Waals surface area (Å²) < 4.78 is 5.50. The number of piperidine rings is 2. The maximum Gasteiger partial charge on any atom is 0.138 e. The van der Waals surface area contributed by atoms with Crippen molar-refractivity contribution >= 4 is 48.0 Å². The predicted octanol–water partition coefficient (Wildman–Crippen LogP) is 4.74. The number of nitrogens with zero attached hydrogens (tertiary/aromatic N) is 2. The number of aliphatic hydroxyl groups is 1. The van der Waals surface area contributed by atoms with E-state index in [0.29, 0.717) is 16.1 Å². The Morgan fingerprint density at radius 1 is 1.28 bits per heavy atom. The minimum Gasteiger partial charge on any atom is -0.396 e. The first kappa shape index (κ1) is 24.7. The first-order valence-corrected chi connectivity index (χ1v) is 10.3. The van der Waals surface area contributed by atoms with Gasteiger partial charge in [-0.2, -0.15) is 0 Å². The first-order valence-electron chi connectivity index (χ1n) is 9.50. The molecule has 0 spiro atoms. The van der Waals surface area contributed by atoms with Crippen molar-refractivity contribution in [2.75, 3.05) is 26.2 Å². The van der Waals surface area contributed by atoms with E-state index >= 15 is 0 Å². The van der Waals surface area contributed by atoms with Crippen LogP contribution in [-0.2, 0) is 6.54 Å². The van der Waals surface area contributed by atoms with Crippen molar-refractivity contribution < 1.29 is 9.63 Å². The Bertz CT molecular complexity index is 812. The average molecular weight is 483 g/mol. The van der Waals surface area contributed by atoms with Gasteiger partial charge in [-0.25, -0.2) is 0 Å². The number of likely N-dealkylation sites (tertiary alicyclic amines) is 1. The smallest absolute Gasteiger partial charge is 0.138 e. The van der Waals surface area contributed by atoms with Gasteiger partial charge < -0.3 is 14.9 Å². The van der Waals surface area contributed by atoms with Crippen LogP contribution in [0.3, 0.4) is 0 Å². The highest BCUT2D eigenvalue weighted by Gasteiger charge is 2.44. The third kappa shape index (κ3) is 4.72. The molecule has 3 heterocycles. The van der Waals surface area contributed by atoms with Crippen LogP contribution in [-0.4, -0.2) is 47.4 Å². The van der Waals surface area contributed by atoms with Crippen LogP contribution in [0.15, 0.2) is 22.7 Å². The second-order valence-electron chi connectivity index (χ2n) is 7.78. The summed E-state index contributed by atoms with van der Waals surface area (Å²) in [6.07, 6.45) is 3.23. The van der Waals surface area contributed by atoms with E-state index in [0.717, 1.165) is 68.0 Å². The lowest BCUT2D eigenvalue weighted by Gasteiger charge is -2.50. The second-order valence-corrected chi connectivity index (χ2v) is 8.59. The molecule has 0 bridgehead atoms. The van der Waals surface area contributed by atoms with Gasteiger partial charge in [0.25, 0.3) is 0 Å². The number of aliphatic hydroxyl groups excluding tert-OH is 1. The number of fused-ring (bicyclic) bond motifs is 1. The molecule has 5 nitrogen and oxygen atoms in total. The normalized spacial score (nSPS) is 24.3. The third-order valence-corrected chi connectivity index (χ3v) is 6.86. The predicted molar refractivity (Wildman–Crippen MR) is 122 cm³/mol. The fourth-order valence-electron chi connectivity index (χ4n) is 4.53. The Kier molecular flexibility index (Phi) is 8.69. The minimum absolute atomic E-state index is 0. The summed E-state index contributed by atoms with van der Waals surface area (Å²) in [6.45, 7) is 5.78. The van der Waals surface area contributed by atoms with E-state index < -0.39 is 0 Å². The quantitative estimate of drug-likeness (QED) is 0.659. The van der Waals surface area contributed by atoms with Crippen molar-refractivity contribution in [3.05, 3.63) is 39.6 Å². The van der Waals surface area contributed by atoms with E-state index in [2.05, 4.69) is 15.4 Å². The summed E-state index contributed by atoms with van der Waals surface area (Å²) in [5.74, 6) is 0.789. The molecule has 2 aromatic rings. The van der Waals surface area contributed by atoms with Crippen LogP contribution >= 0.6 is 48.0 Å². The van der Waals surface area contributed by atoms with E-state index in [1.165, 1.54) is 0 Å². The Morgan fingerprint density at radius 2 is 2.00 bits per heavy atom. The zero-order chi connectivity index (χ0) is 19.0.